The lowest BCUT2D eigenvalue weighted by molar-refractivity contribution is -0.205. The highest BCUT2D eigenvalue weighted by atomic mass is 16.6. The van der Waals surface area contributed by atoms with Gasteiger partial charge in [-0.05, 0) is 138 Å². The van der Waals surface area contributed by atoms with Gasteiger partial charge in [0, 0.05) is 18.0 Å². The Balaban J connectivity index is 1.17. The smallest absolute Gasteiger partial charge is 0.407 e. The van der Waals surface area contributed by atoms with Crippen molar-refractivity contribution in [3.8, 4) is 0 Å². The summed E-state index contributed by atoms with van der Waals surface area (Å²) in [5.74, 6) is 1.51. The van der Waals surface area contributed by atoms with Gasteiger partial charge in [0.05, 0.1) is 11.9 Å². The van der Waals surface area contributed by atoms with Crippen molar-refractivity contribution < 1.29 is 19.1 Å². The molecule has 4 fully saturated rings. The number of rotatable bonds is 9. The average molecular weight is 558 g/mol. The molecule has 224 valence electrons. The predicted octanol–water partition coefficient (Wildman–Crippen LogP) is 4.65. The van der Waals surface area contributed by atoms with Crippen LogP contribution in [0.25, 0.3) is 0 Å². The molecule has 4 N–H and O–H groups in total. The Morgan fingerprint density at radius 2 is 1.90 bits per heavy atom. The van der Waals surface area contributed by atoms with Gasteiger partial charge in [-0.3, -0.25) is 0 Å². The predicted molar refractivity (Wildman–Crippen MR) is 155 cm³/mol. The van der Waals surface area contributed by atoms with Gasteiger partial charge in [0.15, 0.2) is 0 Å². The fourth-order valence-electron chi connectivity index (χ4n) is 9.60. The number of carbonyl (C=O) groups is 1. The molecule has 8 nitrogen and oxygen atoms in total. The first kappa shape index (κ1) is 29.6. The van der Waals surface area contributed by atoms with E-state index in [0.717, 1.165) is 89.3 Å². The molecule has 8 atom stereocenters. The maximum absolute atomic E-state index is 12.5. The highest BCUT2D eigenvalue weighted by molar-refractivity contribution is 5.67. The Hall–Kier alpha value is -1.90. The molecule has 0 bridgehead atoms. The molecule has 40 heavy (non-hydrogen) atoms. The van der Waals surface area contributed by atoms with E-state index in [2.05, 4.69) is 31.1 Å². The van der Waals surface area contributed by atoms with Crippen molar-refractivity contribution in [3.05, 3.63) is 34.4 Å². The molecule has 0 aliphatic heterocycles. The molecular weight excluding hydrogens is 506 g/mol. The molecule has 1 aromatic heterocycles. The van der Waals surface area contributed by atoms with E-state index >= 15 is 0 Å². The number of nitrogens with one attached hydrogen (secondary N) is 1. The molecule has 4 aliphatic carbocycles. The first-order valence-electron chi connectivity index (χ1n) is 15.7. The summed E-state index contributed by atoms with van der Waals surface area (Å²) in [6, 6.07) is 3.41. The van der Waals surface area contributed by atoms with Crippen molar-refractivity contribution in [1.82, 2.24) is 10.2 Å². The minimum absolute atomic E-state index is 0.0256. The van der Waals surface area contributed by atoms with E-state index in [0.29, 0.717) is 24.9 Å². The number of fused-ring (bicyclic) bond motifs is 5. The monoisotopic (exact) mass is 557 g/mol. The van der Waals surface area contributed by atoms with Crippen molar-refractivity contribution in [2.75, 3.05) is 33.2 Å². The van der Waals surface area contributed by atoms with Crippen LogP contribution in [-0.2, 0) is 4.74 Å². The van der Waals surface area contributed by atoms with Gasteiger partial charge in [-0.2, -0.15) is 0 Å². The van der Waals surface area contributed by atoms with Gasteiger partial charge < -0.3 is 30.2 Å². The first-order chi connectivity index (χ1) is 19.1. The summed E-state index contributed by atoms with van der Waals surface area (Å²) in [5, 5.41) is 15.4. The SMILES string of the molecule is CN(CCCN)CCCNC(=O)O[C@H]1CC[C@@]2(C)C(CCC3C2CC[C@]2(C)[C@@H](c4ccc(=O)oc4)CC[C@]32O)C1. The van der Waals surface area contributed by atoms with Crippen LogP contribution < -0.4 is 16.7 Å². The molecule has 0 spiro atoms. The van der Waals surface area contributed by atoms with Gasteiger partial charge in [0.1, 0.15) is 6.10 Å². The van der Waals surface area contributed by atoms with Crippen molar-refractivity contribution in [2.45, 2.75) is 102 Å². The van der Waals surface area contributed by atoms with Crippen LogP contribution in [0.5, 0.6) is 0 Å². The third-order valence-corrected chi connectivity index (χ3v) is 11.9. The van der Waals surface area contributed by atoms with Crippen LogP contribution in [0.1, 0.15) is 96.0 Å². The minimum atomic E-state index is -0.698. The van der Waals surface area contributed by atoms with E-state index in [1.807, 2.05) is 6.07 Å². The Bertz CT molecular complexity index is 1070. The lowest BCUT2D eigenvalue weighted by Crippen LogP contribution is -2.62. The molecule has 1 aromatic rings. The van der Waals surface area contributed by atoms with Gasteiger partial charge in [-0.1, -0.05) is 13.8 Å². The number of amides is 1. The van der Waals surface area contributed by atoms with Crippen molar-refractivity contribution in [1.29, 1.82) is 0 Å². The number of hydrogen-bond acceptors (Lipinski definition) is 7. The molecule has 4 aliphatic rings. The largest absolute Gasteiger partial charge is 0.446 e. The minimum Gasteiger partial charge on any atom is -0.446 e. The van der Waals surface area contributed by atoms with Crippen LogP contribution in [0.4, 0.5) is 4.79 Å². The Labute approximate surface area is 239 Å². The topological polar surface area (TPSA) is 118 Å². The van der Waals surface area contributed by atoms with E-state index in [4.69, 9.17) is 14.9 Å². The van der Waals surface area contributed by atoms with Crippen LogP contribution >= 0.6 is 0 Å². The summed E-state index contributed by atoms with van der Waals surface area (Å²) >= 11 is 0. The lowest BCUT2D eigenvalue weighted by Gasteiger charge is -2.63. The number of alkyl carbamates (subject to hydrolysis) is 1. The normalized spacial score (nSPS) is 38.8. The fourth-order valence-corrected chi connectivity index (χ4v) is 9.60. The average Bonchev–Trinajstić information content (AvgIpc) is 3.21. The van der Waals surface area contributed by atoms with E-state index in [9.17, 15) is 14.7 Å². The van der Waals surface area contributed by atoms with Crippen LogP contribution in [0.3, 0.4) is 0 Å². The number of nitrogens with zero attached hydrogens (tertiary/aromatic N) is 1. The van der Waals surface area contributed by atoms with Gasteiger partial charge in [0.25, 0.3) is 0 Å². The van der Waals surface area contributed by atoms with Crippen LogP contribution in [0.2, 0.25) is 0 Å². The van der Waals surface area contributed by atoms with Crippen LogP contribution in [0.15, 0.2) is 27.6 Å². The second-order valence-electron chi connectivity index (χ2n) is 13.9. The molecular formula is C32H51N3O5. The van der Waals surface area contributed by atoms with Crippen LogP contribution in [0, 0.1) is 28.6 Å². The van der Waals surface area contributed by atoms with E-state index in [1.54, 1.807) is 6.26 Å². The van der Waals surface area contributed by atoms with Crippen molar-refractivity contribution in [2.24, 2.45) is 34.3 Å². The zero-order valence-corrected chi connectivity index (χ0v) is 24.8. The number of carbonyl (C=O) groups excluding carboxylic acids is 1. The number of hydrogen-bond donors (Lipinski definition) is 3. The van der Waals surface area contributed by atoms with Gasteiger partial charge in [0.2, 0.25) is 0 Å². The zero-order valence-electron chi connectivity index (χ0n) is 24.8. The zero-order chi connectivity index (χ0) is 28.5. The van der Waals surface area contributed by atoms with Gasteiger partial charge in [-0.15, -0.1) is 0 Å². The van der Waals surface area contributed by atoms with Gasteiger partial charge in [-0.25, -0.2) is 9.59 Å². The number of nitrogens with two attached hydrogens (primary N) is 1. The van der Waals surface area contributed by atoms with Crippen LogP contribution in [-0.4, -0.2) is 61.0 Å². The summed E-state index contributed by atoms with van der Waals surface area (Å²) in [4.78, 5) is 26.3. The van der Waals surface area contributed by atoms with Crippen molar-refractivity contribution in [3.63, 3.8) is 0 Å². The van der Waals surface area contributed by atoms with Crippen molar-refractivity contribution >= 4 is 6.09 Å². The second-order valence-corrected chi connectivity index (χ2v) is 13.9. The maximum Gasteiger partial charge on any atom is 0.407 e. The summed E-state index contributed by atoms with van der Waals surface area (Å²) in [6.07, 6.45) is 12.0. The Morgan fingerprint density at radius 1 is 1.10 bits per heavy atom. The van der Waals surface area contributed by atoms with E-state index < -0.39 is 5.60 Å². The fraction of sp³-hybridized carbons (Fsp3) is 0.812. The molecule has 5 rings (SSSR count). The third kappa shape index (κ3) is 5.36. The molecule has 1 heterocycles. The highest BCUT2D eigenvalue weighted by Gasteiger charge is 2.67. The summed E-state index contributed by atoms with van der Waals surface area (Å²) in [6.45, 7) is 7.97. The standard InChI is InChI=1S/C32H51N3O5/c1-30-13-10-24(40-29(37)34-17-5-19-35(3)18-4-16-33)20-23(30)7-8-27-26(30)11-14-31(2)25(12-15-32(27,31)38)22-6-9-28(36)39-21-22/h6,9,21,23-27,38H,4-5,7-8,10-20,33H2,1-3H3,(H,34,37)/t23?,24-,25+,26?,27?,30-,31+,32-/m0/s1. The molecule has 3 unspecified atom stereocenters. The lowest BCUT2D eigenvalue weighted by atomic mass is 9.43. The highest BCUT2D eigenvalue weighted by Crippen LogP contribution is 2.70. The molecule has 8 heteroatoms. The molecule has 0 aromatic carbocycles. The maximum atomic E-state index is 12.5. The number of ether oxygens (including phenoxy) is 1. The molecule has 0 saturated heterocycles. The molecule has 0 radical (unpaired) electrons. The Kier molecular flexibility index (Phi) is 8.70. The van der Waals surface area contributed by atoms with E-state index in [1.165, 1.54) is 6.07 Å². The molecule has 1 amide bonds. The summed E-state index contributed by atoms with van der Waals surface area (Å²) < 4.78 is 11.1. The van der Waals surface area contributed by atoms with Gasteiger partial charge >= 0.3 is 11.7 Å². The summed E-state index contributed by atoms with van der Waals surface area (Å²) in [5.41, 5.74) is 5.56. The summed E-state index contributed by atoms with van der Waals surface area (Å²) in [7, 11) is 2.09. The first-order valence-corrected chi connectivity index (χ1v) is 15.7. The quantitative estimate of drug-likeness (QED) is 0.378. The third-order valence-electron chi connectivity index (χ3n) is 11.9. The Morgan fingerprint density at radius 3 is 2.65 bits per heavy atom. The second kappa shape index (κ2) is 11.8. The number of aliphatic hydroxyl groups is 1. The molecule has 4 saturated carbocycles. The van der Waals surface area contributed by atoms with E-state index in [-0.39, 0.29) is 40.5 Å².